The number of ether oxygens (including phenoxy) is 1. The molecule has 0 bridgehead atoms. The highest BCUT2D eigenvalue weighted by Crippen LogP contribution is 2.34. The minimum atomic E-state index is -4.60. The number of piperazine rings is 1. The molecule has 1 fully saturated rings. The number of alkyl halides is 3. The van der Waals surface area contributed by atoms with Crippen molar-refractivity contribution in [2.45, 2.75) is 32.5 Å². The molecule has 2 amide bonds. The quantitative estimate of drug-likeness (QED) is 0.253. The number of anilines is 2. The van der Waals surface area contributed by atoms with Gasteiger partial charge in [0.25, 0.3) is 11.5 Å². The van der Waals surface area contributed by atoms with Gasteiger partial charge in [-0.25, -0.2) is 0 Å². The van der Waals surface area contributed by atoms with E-state index in [4.69, 9.17) is 16.3 Å². The summed E-state index contributed by atoms with van der Waals surface area (Å²) >= 11 is 6.12. The first-order chi connectivity index (χ1) is 24.0. The van der Waals surface area contributed by atoms with E-state index in [0.29, 0.717) is 80.5 Å². The SMILES string of the molecule is CCc1c(N2CCN(C(=O)c3cncc4cc[nH]c34)CC2)c(=O)n2nc(C3=CCOCC3)nc2n1CC(=O)Nc1ccc(C(F)(F)F)cc1Cl. The van der Waals surface area contributed by atoms with Gasteiger partial charge in [0, 0.05) is 50.2 Å². The molecule has 0 radical (unpaired) electrons. The Balaban J connectivity index is 1.22. The summed E-state index contributed by atoms with van der Waals surface area (Å²) in [4.78, 5) is 56.8. The monoisotopic (exact) mass is 709 g/mol. The largest absolute Gasteiger partial charge is 0.416 e. The summed E-state index contributed by atoms with van der Waals surface area (Å²) in [5.41, 5.74) is 1.41. The highest BCUT2D eigenvalue weighted by molar-refractivity contribution is 6.33. The molecule has 6 heterocycles. The standard InChI is InChI=1S/C33H31ClF3N9O4/c1-2-25-28(43-9-11-44(12-10-43)30(48)22-17-38-16-20-5-8-39-27(20)22)31(49)46-32(41-29(42-46)19-6-13-50-14-7-19)45(25)18-26(47)40-24-4-3-21(15-23(24)34)33(35,36)37/h3-6,8,15-17,39H,2,7,9-14,18H2,1H3,(H,40,47). The Morgan fingerprint density at radius 2 is 1.92 bits per heavy atom. The normalized spacial score (nSPS) is 15.5. The Morgan fingerprint density at radius 3 is 2.62 bits per heavy atom. The van der Waals surface area contributed by atoms with E-state index < -0.39 is 23.2 Å². The molecule has 0 spiro atoms. The summed E-state index contributed by atoms with van der Waals surface area (Å²) in [7, 11) is 0. The fourth-order valence-corrected chi connectivity index (χ4v) is 6.59. The van der Waals surface area contributed by atoms with Crippen LogP contribution in [-0.2, 0) is 28.7 Å². The van der Waals surface area contributed by atoms with Gasteiger partial charge in [0.15, 0.2) is 5.82 Å². The smallest absolute Gasteiger partial charge is 0.377 e. The van der Waals surface area contributed by atoms with Crippen LogP contribution in [0.2, 0.25) is 5.02 Å². The van der Waals surface area contributed by atoms with Gasteiger partial charge in [-0.15, -0.1) is 5.10 Å². The molecular formula is C33H31ClF3N9O4. The lowest BCUT2D eigenvalue weighted by atomic mass is 10.1. The average molecular weight is 710 g/mol. The first-order valence-corrected chi connectivity index (χ1v) is 16.3. The molecule has 2 aliphatic heterocycles. The highest BCUT2D eigenvalue weighted by Gasteiger charge is 2.32. The second-order valence-electron chi connectivity index (χ2n) is 11.9. The third-order valence-electron chi connectivity index (χ3n) is 8.86. The van der Waals surface area contributed by atoms with Crippen molar-refractivity contribution in [1.29, 1.82) is 0 Å². The molecule has 7 rings (SSSR count). The third kappa shape index (κ3) is 6.20. The molecule has 260 valence electrons. The van der Waals surface area contributed by atoms with Crippen LogP contribution in [0, 0.1) is 0 Å². The number of benzene rings is 1. The van der Waals surface area contributed by atoms with Crippen LogP contribution < -0.4 is 15.8 Å². The van der Waals surface area contributed by atoms with Crippen molar-refractivity contribution in [1.82, 2.24) is 34.0 Å². The second kappa shape index (κ2) is 13.2. The van der Waals surface area contributed by atoms with Crippen molar-refractivity contribution in [2.75, 3.05) is 49.6 Å². The van der Waals surface area contributed by atoms with Crippen LogP contribution in [0.25, 0.3) is 22.3 Å². The number of aromatic amines is 1. The number of pyridine rings is 1. The van der Waals surface area contributed by atoms with Crippen molar-refractivity contribution in [3.05, 3.63) is 87.0 Å². The number of H-pyrrole nitrogens is 1. The molecule has 1 aromatic carbocycles. The van der Waals surface area contributed by atoms with Gasteiger partial charge in [-0.2, -0.15) is 22.7 Å². The third-order valence-corrected chi connectivity index (χ3v) is 9.18. The number of carbonyl (C=O) groups excluding carboxylic acids is 2. The number of nitrogens with zero attached hydrogens (tertiary/aromatic N) is 7. The van der Waals surface area contributed by atoms with Crippen LogP contribution >= 0.6 is 11.6 Å². The number of nitrogens with one attached hydrogen (secondary N) is 2. The lowest BCUT2D eigenvalue weighted by Gasteiger charge is -2.36. The maximum absolute atomic E-state index is 14.2. The van der Waals surface area contributed by atoms with E-state index in [-0.39, 0.29) is 28.9 Å². The molecule has 2 N–H and O–H groups in total. The van der Waals surface area contributed by atoms with Crippen LogP contribution in [0.1, 0.15) is 40.8 Å². The van der Waals surface area contributed by atoms with Gasteiger partial charge in [-0.05, 0) is 42.7 Å². The molecule has 50 heavy (non-hydrogen) atoms. The van der Waals surface area contributed by atoms with Crippen molar-refractivity contribution in [3.63, 3.8) is 0 Å². The van der Waals surface area contributed by atoms with Gasteiger partial charge >= 0.3 is 6.18 Å². The number of rotatable bonds is 7. The van der Waals surface area contributed by atoms with Crippen molar-refractivity contribution in [2.24, 2.45) is 0 Å². The molecule has 0 aliphatic carbocycles. The van der Waals surface area contributed by atoms with Crippen LogP contribution in [0.3, 0.4) is 0 Å². The fraction of sp³-hybridized carbons (Fsp3) is 0.333. The lowest BCUT2D eigenvalue weighted by Crippen LogP contribution is -2.51. The van der Waals surface area contributed by atoms with Crippen LogP contribution in [0.15, 0.2) is 53.7 Å². The molecule has 1 saturated heterocycles. The molecule has 0 saturated carbocycles. The van der Waals surface area contributed by atoms with E-state index in [1.807, 2.05) is 24.0 Å². The molecule has 4 aromatic heterocycles. The molecular weight excluding hydrogens is 679 g/mol. The van der Waals surface area contributed by atoms with Crippen LogP contribution in [0.4, 0.5) is 24.5 Å². The van der Waals surface area contributed by atoms with Crippen LogP contribution in [0.5, 0.6) is 0 Å². The zero-order valence-electron chi connectivity index (χ0n) is 26.8. The van der Waals surface area contributed by atoms with E-state index >= 15 is 0 Å². The summed E-state index contributed by atoms with van der Waals surface area (Å²) < 4.78 is 47.8. The number of fused-ring (bicyclic) bond motifs is 2. The zero-order valence-corrected chi connectivity index (χ0v) is 27.5. The van der Waals surface area contributed by atoms with Gasteiger partial charge in [0.05, 0.1) is 46.3 Å². The molecule has 2 aliphatic rings. The van der Waals surface area contributed by atoms with Crippen molar-refractivity contribution >= 4 is 57.0 Å². The summed E-state index contributed by atoms with van der Waals surface area (Å²) in [5.74, 6) is -0.327. The molecule has 0 atom stereocenters. The van der Waals surface area contributed by atoms with E-state index in [0.717, 1.165) is 29.2 Å². The predicted molar refractivity (Wildman–Crippen MR) is 179 cm³/mol. The molecule has 5 aromatic rings. The van der Waals surface area contributed by atoms with E-state index in [2.05, 4.69) is 25.4 Å². The van der Waals surface area contributed by atoms with E-state index in [1.165, 1.54) is 10.7 Å². The van der Waals surface area contributed by atoms with E-state index in [1.54, 1.807) is 21.9 Å². The Morgan fingerprint density at radius 1 is 1.12 bits per heavy atom. The summed E-state index contributed by atoms with van der Waals surface area (Å²) in [6.45, 7) is 3.62. The number of halogens is 4. The first kappa shape index (κ1) is 33.3. The zero-order chi connectivity index (χ0) is 35.2. The number of hydrogen-bond donors (Lipinski definition) is 2. The average Bonchev–Trinajstić information content (AvgIpc) is 3.78. The lowest BCUT2D eigenvalue weighted by molar-refractivity contribution is -0.137. The van der Waals surface area contributed by atoms with Crippen LogP contribution in [-0.4, -0.2) is 85.2 Å². The number of amides is 2. The predicted octanol–water partition coefficient (Wildman–Crippen LogP) is 4.41. The summed E-state index contributed by atoms with van der Waals surface area (Å²) in [5, 5.41) is 7.70. The van der Waals surface area contributed by atoms with Gasteiger partial charge in [-0.1, -0.05) is 24.6 Å². The highest BCUT2D eigenvalue weighted by atomic mass is 35.5. The van der Waals surface area contributed by atoms with E-state index in [9.17, 15) is 27.6 Å². The van der Waals surface area contributed by atoms with Gasteiger partial charge in [0.2, 0.25) is 11.7 Å². The Bertz CT molecular complexity index is 2220. The summed E-state index contributed by atoms with van der Waals surface area (Å²) in [6.07, 6.45) is 3.07. The summed E-state index contributed by atoms with van der Waals surface area (Å²) in [6, 6.07) is 4.52. The maximum atomic E-state index is 14.2. The van der Waals surface area contributed by atoms with Crippen molar-refractivity contribution in [3.8, 4) is 0 Å². The van der Waals surface area contributed by atoms with Gasteiger partial charge in [0.1, 0.15) is 12.2 Å². The first-order valence-electron chi connectivity index (χ1n) is 15.9. The Kier molecular flexibility index (Phi) is 8.82. The van der Waals surface area contributed by atoms with Gasteiger partial charge in [-0.3, -0.25) is 19.4 Å². The topological polar surface area (TPSA) is 143 Å². The Labute approximate surface area is 287 Å². The van der Waals surface area contributed by atoms with Gasteiger partial charge < -0.3 is 29.4 Å². The molecule has 17 heteroatoms. The number of aromatic nitrogens is 6. The Hall–Kier alpha value is -5.22. The minimum absolute atomic E-state index is 0.000510. The number of carbonyl (C=O) groups is 2. The maximum Gasteiger partial charge on any atom is 0.416 e. The molecule has 13 nitrogen and oxygen atoms in total. The minimum Gasteiger partial charge on any atom is -0.377 e. The molecule has 0 unspecified atom stereocenters. The second-order valence-corrected chi connectivity index (χ2v) is 12.3. The fourth-order valence-electron chi connectivity index (χ4n) is 6.37. The van der Waals surface area contributed by atoms with Crippen molar-refractivity contribution < 1.29 is 27.5 Å². The number of hydrogen-bond acceptors (Lipinski definition) is 8.